The van der Waals surface area contributed by atoms with Crippen LogP contribution in [0.3, 0.4) is 0 Å². The molecule has 3 fully saturated rings. The lowest BCUT2D eigenvalue weighted by Gasteiger charge is -2.37. The highest BCUT2D eigenvalue weighted by Gasteiger charge is 2.32. The Hall–Kier alpha value is -2.18. The lowest BCUT2D eigenvalue weighted by molar-refractivity contribution is -0.137. The molecular weight excluding hydrogens is 340 g/mol. The molecule has 7 heteroatoms. The maximum absolute atomic E-state index is 12.9. The molecule has 2 saturated heterocycles. The quantitative estimate of drug-likeness (QED) is 0.833. The number of fused-ring (bicyclic) bond motifs is 1. The predicted octanol–water partition coefficient (Wildman–Crippen LogP) is 2.64. The molecule has 0 spiro atoms. The molecule has 2 aromatic rings. The van der Waals surface area contributed by atoms with E-state index in [1.807, 2.05) is 6.33 Å². The van der Waals surface area contributed by atoms with Gasteiger partial charge in [0.2, 0.25) is 5.91 Å². The Balaban J connectivity index is 1.28. The Labute approximate surface area is 159 Å². The fourth-order valence-corrected chi connectivity index (χ4v) is 4.68. The van der Waals surface area contributed by atoms with Gasteiger partial charge in [-0.15, -0.1) is 0 Å². The van der Waals surface area contributed by atoms with Crippen molar-refractivity contribution in [2.24, 2.45) is 11.8 Å². The standard InChI is InChI=1S/C20H28N6O/c1-14-3-2-8-25(11-14)20(27)15-6-9-24(10-7-15)18-17-19(22-12-21-18)26(13-23-17)16-4-5-16/h12-16H,2-11H2,1H3. The summed E-state index contributed by atoms with van der Waals surface area (Å²) in [7, 11) is 0. The molecular formula is C20H28N6O. The highest BCUT2D eigenvalue weighted by atomic mass is 16.2. The van der Waals surface area contributed by atoms with Gasteiger partial charge in [-0.05, 0) is 44.4 Å². The van der Waals surface area contributed by atoms with Gasteiger partial charge in [0.1, 0.15) is 6.33 Å². The van der Waals surface area contributed by atoms with Crippen molar-refractivity contribution in [3.63, 3.8) is 0 Å². The topological polar surface area (TPSA) is 67.2 Å². The number of amides is 1. The molecule has 3 aliphatic rings. The lowest BCUT2D eigenvalue weighted by atomic mass is 9.93. The summed E-state index contributed by atoms with van der Waals surface area (Å²) in [6.45, 7) is 5.85. The maximum Gasteiger partial charge on any atom is 0.225 e. The van der Waals surface area contributed by atoms with E-state index in [4.69, 9.17) is 0 Å². The van der Waals surface area contributed by atoms with Crippen LogP contribution in [0.15, 0.2) is 12.7 Å². The molecule has 0 radical (unpaired) electrons. The second-order valence-electron chi connectivity index (χ2n) is 8.55. The summed E-state index contributed by atoms with van der Waals surface area (Å²) in [6.07, 6.45) is 10.2. The molecule has 2 aromatic heterocycles. The Kier molecular flexibility index (Phi) is 4.25. The van der Waals surface area contributed by atoms with E-state index in [-0.39, 0.29) is 5.92 Å². The summed E-state index contributed by atoms with van der Waals surface area (Å²) < 4.78 is 2.19. The molecule has 0 aromatic carbocycles. The monoisotopic (exact) mass is 368 g/mol. The molecule has 144 valence electrons. The van der Waals surface area contributed by atoms with Crippen molar-refractivity contribution in [1.82, 2.24) is 24.4 Å². The van der Waals surface area contributed by atoms with Crippen LogP contribution in [-0.4, -0.2) is 56.5 Å². The number of nitrogens with zero attached hydrogens (tertiary/aromatic N) is 6. The fourth-order valence-electron chi connectivity index (χ4n) is 4.68. The van der Waals surface area contributed by atoms with Gasteiger partial charge in [-0.3, -0.25) is 4.79 Å². The first kappa shape index (κ1) is 17.0. The van der Waals surface area contributed by atoms with Crippen molar-refractivity contribution in [3.8, 4) is 0 Å². The van der Waals surface area contributed by atoms with Gasteiger partial charge in [0.05, 0.1) is 6.33 Å². The minimum atomic E-state index is 0.160. The third-order valence-electron chi connectivity index (χ3n) is 6.39. The van der Waals surface area contributed by atoms with Gasteiger partial charge in [-0.1, -0.05) is 6.92 Å². The Bertz CT molecular complexity index is 836. The van der Waals surface area contributed by atoms with Crippen molar-refractivity contribution in [2.75, 3.05) is 31.1 Å². The molecule has 7 nitrogen and oxygen atoms in total. The van der Waals surface area contributed by atoms with Crippen molar-refractivity contribution in [3.05, 3.63) is 12.7 Å². The van der Waals surface area contributed by atoms with Crippen LogP contribution in [0.5, 0.6) is 0 Å². The Morgan fingerprint density at radius 1 is 1.04 bits per heavy atom. The molecule has 1 saturated carbocycles. The maximum atomic E-state index is 12.9. The van der Waals surface area contributed by atoms with Gasteiger partial charge in [0.15, 0.2) is 17.0 Å². The summed E-state index contributed by atoms with van der Waals surface area (Å²) in [4.78, 5) is 30.9. The zero-order chi connectivity index (χ0) is 18.4. The number of aromatic nitrogens is 4. The van der Waals surface area contributed by atoms with E-state index >= 15 is 0 Å². The number of anilines is 1. The molecule has 1 atom stereocenters. The molecule has 0 N–H and O–H groups in total. The largest absolute Gasteiger partial charge is 0.355 e. The number of hydrogen-bond donors (Lipinski definition) is 0. The number of hydrogen-bond acceptors (Lipinski definition) is 5. The Morgan fingerprint density at radius 3 is 2.59 bits per heavy atom. The third kappa shape index (κ3) is 3.17. The highest BCUT2D eigenvalue weighted by molar-refractivity contribution is 5.84. The third-order valence-corrected chi connectivity index (χ3v) is 6.39. The van der Waals surface area contributed by atoms with E-state index in [1.165, 1.54) is 19.3 Å². The van der Waals surface area contributed by atoms with Crippen LogP contribution in [0.1, 0.15) is 51.5 Å². The lowest BCUT2D eigenvalue weighted by Crippen LogP contribution is -2.46. The first-order chi connectivity index (χ1) is 13.2. The molecule has 5 rings (SSSR count). The van der Waals surface area contributed by atoms with Crippen molar-refractivity contribution in [2.45, 2.75) is 51.5 Å². The second-order valence-corrected chi connectivity index (χ2v) is 8.55. The summed E-state index contributed by atoms with van der Waals surface area (Å²) >= 11 is 0. The number of likely N-dealkylation sites (tertiary alicyclic amines) is 1. The van der Waals surface area contributed by atoms with Crippen LogP contribution in [0.4, 0.5) is 5.82 Å². The molecule has 4 heterocycles. The fraction of sp³-hybridized carbons (Fsp3) is 0.700. The van der Waals surface area contributed by atoms with Crippen LogP contribution < -0.4 is 4.90 Å². The summed E-state index contributed by atoms with van der Waals surface area (Å²) in [6, 6.07) is 0.563. The first-order valence-corrected chi connectivity index (χ1v) is 10.4. The Morgan fingerprint density at radius 2 is 1.85 bits per heavy atom. The highest BCUT2D eigenvalue weighted by Crippen LogP contribution is 2.38. The zero-order valence-corrected chi connectivity index (χ0v) is 16.0. The molecule has 0 bridgehead atoms. The minimum absolute atomic E-state index is 0.160. The van der Waals surface area contributed by atoms with Gasteiger partial charge in [0, 0.05) is 38.1 Å². The average molecular weight is 368 g/mol. The normalized spacial score (nSPS) is 24.6. The van der Waals surface area contributed by atoms with Crippen LogP contribution >= 0.6 is 0 Å². The molecule has 1 aliphatic carbocycles. The van der Waals surface area contributed by atoms with E-state index in [2.05, 4.69) is 36.2 Å². The number of imidazole rings is 1. The molecule has 2 aliphatic heterocycles. The number of piperidine rings is 2. The van der Waals surface area contributed by atoms with E-state index in [1.54, 1.807) is 6.33 Å². The number of carbonyl (C=O) groups excluding carboxylic acids is 1. The van der Waals surface area contributed by atoms with E-state index in [9.17, 15) is 4.79 Å². The molecule has 1 unspecified atom stereocenters. The van der Waals surface area contributed by atoms with Crippen molar-refractivity contribution >= 4 is 22.9 Å². The number of rotatable bonds is 3. The van der Waals surface area contributed by atoms with E-state index in [0.29, 0.717) is 17.9 Å². The first-order valence-electron chi connectivity index (χ1n) is 10.4. The molecule has 1 amide bonds. The summed E-state index contributed by atoms with van der Waals surface area (Å²) in [5.74, 6) is 2.09. The smallest absolute Gasteiger partial charge is 0.225 e. The van der Waals surface area contributed by atoms with Gasteiger partial charge >= 0.3 is 0 Å². The second kappa shape index (κ2) is 6.77. The predicted molar refractivity (Wildman–Crippen MR) is 104 cm³/mol. The van der Waals surface area contributed by atoms with Crippen LogP contribution in [0, 0.1) is 11.8 Å². The summed E-state index contributed by atoms with van der Waals surface area (Å²) in [5, 5.41) is 0. The van der Waals surface area contributed by atoms with Crippen LogP contribution in [0.2, 0.25) is 0 Å². The van der Waals surface area contributed by atoms with Crippen LogP contribution in [-0.2, 0) is 4.79 Å². The summed E-state index contributed by atoms with van der Waals surface area (Å²) in [5.41, 5.74) is 1.85. The number of carbonyl (C=O) groups is 1. The van der Waals surface area contributed by atoms with Crippen LogP contribution in [0.25, 0.3) is 11.2 Å². The van der Waals surface area contributed by atoms with Gasteiger partial charge in [-0.2, -0.15) is 0 Å². The SMILES string of the molecule is CC1CCCN(C(=O)C2CCN(c3ncnc4c3ncn4C3CC3)CC2)C1. The van der Waals surface area contributed by atoms with Crippen molar-refractivity contribution < 1.29 is 4.79 Å². The van der Waals surface area contributed by atoms with E-state index in [0.717, 1.165) is 62.4 Å². The van der Waals surface area contributed by atoms with Crippen molar-refractivity contribution in [1.29, 1.82) is 0 Å². The minimum Gasteiger partial charge on any atom is -0.355 e. The van der Waals surface area contributed by atoms with Gasteiger partial charge in [0.25, 0.3) is 0 Å². The zero-order valence-electron chi connectivity index (χ0n) is 16.0. The van der Waals surface area contributed by atoms with Gasteiger partial charge in [-0.25, -0.2) is 15.0 Å². The molecule has 27 heavy (non-hydrogen) atoms. The van der Waals surface area contributed by atoms with E-state index < -0.39 is 0 Å². The average Bonchev–Trinajstić information content (AvgIpc) is 3.46. The van der Waals surface area contributed by atoms with Gasteiger partial charge < -0.3 is 14.4 Å².